The minimum atomic E-state index is 0.320. The number of likely N-dealkylation sites (N-methyl/N-ethyl adjacent to an activating group) is 1. The zero-order valence-corrected chi connectivity index (χ0v) is 9.71. The van der Waals surface area contributed by atoms with Gasteiger partial charge in [-0.3, -0.25) is 0 Å². The molecular weight excluding hydrogens is 174 g/mol. The van der Waals surface area contributed by atoms with Crippen molar-refractivity contribution in [1.29, 1.82) is 5.26 Å². The molecule has 0 spiro atoms. The van der Waals surface area contributed by atoms with E-state index < -0.39 is 0 Å². The van der Waals surface area contributed by atoms with Crippen LogP contribution in [0.15, 0.2) is 0 Å². The van der Waals surface area contributed by atoms with Gasteiger partial charge in [-0.1, -0.05) is 13.8 Å². The van der Waals surface area contributed by atoms with Crippen LogP contribution in [0.25, 0.3) is 0 Å². The molecule has 0 saturated heterocycles. The van der Waals surface area contributed by atoms with Gasteiger partial charge in [0.1, 0.15) is 0 Å². The Morgan fingerprint density at radius 2 is 2.07 bits per heavy atom. The fourth-order valence-corrected chi connectivity index (χ4v) is 1.42. The quantitative estimate of drug-likeness (QED) is 0.642. The Morgan fingerprint density at radius 1 is 1.36 bits per heavy atom. The molecular formula is C11H23N3. The summed E-state index contributed by atoms with van der Waals surface area (Å²) >= 11 is 0. The van der Waals surface area contributed by atoms with E-state index in [0.29, 0.717) is 12.5 Å². The van der Waals surface area contributed by atoms with Crippen LogP contribution in [0.4, 0.5) is 0 Å². The molecule has 0 bridgehead atoms. The molecule has 0 aromatic rings. The second-order valence-corrected chi connectivity index (χ2v) is 3.65. The SMILES string of the molecule is CCCN(CC)CCNC(C)CC#N. The summed E-state index contributed by atoms with van der Waals surface area (Å²) in [5.41, 5.74) is 0. The molecule has 0 aliphatic carbocycles. The van der Waals surface area contributed by atoms with E-state index in [9.17, 15) is 0 Å². The molecule has 1 atom stereocenters. The van der Waals surface area contributed by atoms with Gasteiger partial charge in [-0.2, -0.15) is 5.26 Å². The lowest BCUT2D eigenvalue weighted by Gasteiger charge is -2.20. The average molecular weight is 197 g/mol. The van der Waals surface area contributed by atoms with Gasteiger partial charge < -0.3 is 10.2 Å². The predicted octanol–water partition coefficient (Wildman–Crippen LogP) is 1.61. The van der Waals surface area contributed by atoms with E-state index in [1.165, 1.54) is 13.0 Å². The maximum absolute atomic E-state index is 8.48. The Bertz CT molecular complexity index is 162. The Hall–Kier alpha value is -0.590. The first-order valence-corrected chi connectivity index (χ1v) is 5.57. The van der Waals surface area contributed by atoms with Gasteiger partial charge in [0.25, 0.3) is 0 Å². The minimum Gasteiger partial charge on any atom is -0.312 e. The monoisotopic (exact) mass is 197 g/mol. The van der Waals surface area contributed by atoms with Gasteiger partial charge in [0, 0.05) is 19.1 Å². The number of hydrogen-bond acceptors (Lipinski definition) is 3. The third-order valence-electron chi connectivity index (χ3n) is 2.31. The highest BCUT2D eigenvalue weighted by Gasteiger charge is 2.02. The Kier molecular flexibility index (Phi) is 8.61. The summed E-state index contributed by atoms with van der Waals surface area (Å²) in [6.07, 6.45) is 1.81. The van der Waals surface area contributed by atoms with Crippen LogP contribution >= 0.6 is 0 Å². The molecule has 1 unspecified atom stereocenters. The van der Waals surface area contributed by atoms with E-state index in [2.05, 4.69) is 37.1 Å². The van der Waals surface area contributed by atoms with Crippen molar-refractivity contribution in [3.8, 4) is 6.07 Å². The van der Waals surface area contributed by atoms with Crippen molar-refractivity contribution in [3.05, 3.63) is 0 Å². The van der Waals surface area contributed by atoms with Crippen LogP contribution in [0, 0.1) is 11.3 Å². The van der Waals surface area contributed by atoms with Crippen LogP contribution < -0.4 is 5.32 Å². The van der Waals surface area contributed by atoms with Gasteiger partial charge in [0.05, 0.1) is 12.5 Å². The van der Waals surface area contributed by atoms with E-state index in [-0.39, 0.29) is 0 Å². The molecule has 0 aliphatic rings. The molecule has 1 N–H and O–H groups in total. The highest BCUT2D eigenvalue weighted by atomic mass is 15.1. The second kappa shape index (κ2) is 8.98. The second-order valence-electron chi connectivity index (χ2n) is 3.65. The molecule has 0 aromatic carbocycles. The van der Waals surface area contributed by atoms with Crippen molar-refractivity contribution in [2.45, 2.75) is 39.7 Å². The number of nitrogens with zero attached hydrogens (tertiary/aromatic N) is 2. The Morgan fingerprint density at radius 3 is 2.57 bits per heavy atom. The van der Waals surface area contributed by atoms with E-state index in [4.69, 9.17) is 5.26 Å². The number of hydrogen-bond donors (Lipinski definition) is 1. The normalized spacial score (nSPS) is 12.8. The first kappa shape index (κ1) is 13.4. The summed E-state index contributed by atoms with van der Waals surface area (Å²) in [6, 6.07) is 2.49. The van der Waals surface area contributed by atoms with Gasteiger partial charge in [-0.25, -0.2) is 0 Å². The molecule has 14 heavy (non-hydrogen) atoms. The molecule has 0 fully saturated rings. The van der Waals surface area contributed by atoms with Crippen molar-refractivity contribution in [2.24, 2.45) is 0 Å². The van der Waals surface area contributed by atoms with E-state index >= 15 is 0 Å². The molecule has 0 amide bonds. The average Bonchev–Trinajstić information content (AvgIpc) is 2.17. The molecule has 3 heteroatoms. The summed E-state index contributed by atoms with van der Waals surface area (Å²) in [7, 11) is 0. The third kappa shape index (κ3) is 6.88. The van der Waals surface area contributed by atoms with Gasteiger partial charge in [0.15, 0.2) is 0 Å². The lowest BCUT2D eigenvalue weighted by atomic mass is 10.2. The largest absolute Gasteiger partial charge is 0.312 e. The zero-order valence-electron chi connectivity index (χ0n) is 9.71. The lowest BCUT2D eigenvalue weighted by molar-refractivity contribution is 0.284. The van der Waals surface area contributed by atoms with Crippen molar-refractivity contribution < 1.29 is 0 Å². The van der Waals surface area contributed by atoms with Crippen LogP contribution in [-0.4, -0.2) is 37.1 Å². The molecule has 0 aliphatic heterocycles. The Balaban J connectivity index is 3.46. The van der Waals surface area contributed by atoms with E-state index in [0.717, 1.165) is 19.6 Å². The fourth-order valence-electron chi connectivity index (χ4n) is 1.42. The fraction of sp³-hybridized carbons (Fsp3) is 0.909. The van der Waals surface area contributed by atoms with Crippen molar-refractivity contribution in [2.75, 3.05) is 26.2 Å². The molecule has 0 rings (SSSR count). The first-order chi connectivity index (χ1) is 6.74. The summed E-state index contributed by atoms with van der Waals surface area (Å²) in [5, 5.41) is 11.8. The van der Waals surface area contributed by atoms with Crippen LogP contribution in [0.1, 0.15) is 33.6 Å². The zero-order chi connectivity index (χ0) is 10.8. The van der Waals surface area contributed by atoms with Gasteiger partial charge in [-0.15, -0.1) is 0 Å². The molecule has 0 heterocycles. The minimum absolute atomic E-state index is 0.320. The van der Waals surface area contributed by atoms with Crippen molar-refractivity contribution in [3.63, 3.8) is 0 Å². The van der Waals surface area contributed by atoms with Crippen LogP contribution in [0.2, 0.25) is 0 Å². The summed E-state index contributed by atoms with van der Waals surface area (Å²) < 4.78 is 0. The Labute approximate surface area is 88.1 Å². The number of nitriles is 1. The van der Waals surface area contributed by atoms with Crippen molar-refractivity contribution in [1.82, 2.24) is 10.2 Å². The van der Waals surface area contributed by atoms with Crippen LogP contribution in [0.5, 0.6) is 0 Å². The summed E-state index contributed by atoms with van der Waals surface area (Å²) in [5.74, 6) is 0. The predicted molar refractivity (Wildman–Crippen MR) is 60.1 cm³/mol. The molecule has 0 aromatic heterocycles. The van der Waals surface area contributed by atoms with Gasteiger partial charge >= 0.3 is 0 Å². The van der Waals surface area contributed by atoms with Crippen molar-refractivity contribution >= 4 is 0 Å². The number of nitrogens with one attached hydrogen (secondary N) is 1. The van der Waals surface area contributed by atoms with Gasteiger partial charge in [0.2, 0.25) is 0 Å². The molecule has 82 valence electrons. The molecule has 0 saturated carbocycles. The lowest BCUT2D eigenvalue weighted by Crippen LogP contribution is -2.36. The topological polar surface area (TPSA) is 39.1 Å². The highest BCUT2D eigenvalue weighted by molar-refractivity contribution is 4.77. The van der Waals surface area contributed by atoms with E-state index in [1.807, 2.05) is 0 Å². The van der Waals surface area contributed by atoms with Gasteiger partial charge in [-0.05, 0) is 26.4 Å². The van der Waals surface area contributed by atoms with E-state index in [1.54, 1.807) is 0 Å². The molecule has 3 nitrogen and oxygen atoms in total. The third-order valence-corrected chi connectivity index (χ3v) is 2.31. The standard InChI is InChI=1S/C11H23N3/c1-4-9-14(5-2)10-8-13-11(3)6-7-12/h11,13H,4-6,8-10H2,1-3H3. The van der Waals surface area contributed by atoms with Crippen LogP contribution in [0.3, 0.4) is 0 Å². The number of rotatable bonds is 8. The first-order valence-electron chi connectivity index (χ1n) is 5.57. The highest BCUT2D eigenvalue weighted by Crippen LogP contribution is 1.91. The smallest absolute Gasteiger partial charge is 0.0638 e. The maximum Gasteiger partial charge on any atom is 0.0638 e. The maximum atomic E-state index is 8.48. The van der Waals surface area contributed by atoms with Crippen LogP contribution in [-0.2, 0) is 0 Å². The summed E-state index contributed by atoms with van der Waals surface area (Å²) in [4.78, 5) is 2.42. The molecule has 0 radical (unpaired) electrons. The summed E-state index contributed by atoms with van der Waals surface area (Å²) in [6.45, 7) is 10.8.